The van der Waals surface area contributed by atoms with Gasteiger partial charge in [0.2, 0.25) is 0 Å². The number of rotatable bonds is 5. The largest absolute Gasteiger partial charge is 0.507 e. The van der Waals surface area contributed by atoms with Crippen LogP contribution in [0.3, 0.4) is 0 Å². The number of carbonyl (C=O) groups is 2. The van der Waals surface area contributed by atoms with Gasteiger partial charge in [-0.3, -0.25) is 14.5 Å². The van der Waals surface area contributed by atoms with Gasteiger partial charge in [0, 0.05) is 5.56 Å². The fourth-order valence-corrected chi connectivity index (χ4v) is 5.37. The minimum atomic E-state index is -1.04. The molecule has 1 saturated heterocycles. The smallest absolute Gasteiger partial charge is 0.301 e. The highest BCUT2D eigenvalue weighted by molar-refractivity contribution is 7.22. The number of hydrogen-bond donors (Lipinski definition) is 1. The zero-order valence-electron chi connectivity index (χ0n) is 18.7. The molecular weight excluding hydrogens is 526 g/mol. The zero-order chi connectivity index (χ0) is 25.6. The van der Waals surface area contributed by atoms with Crippen LogP contribution < -0.4 is 9.64 Å². The number of fused-ring (bicyclic) bond motifs is 1. The molecule has 0 radical (unpaired) electrons. The number of thiazole rings is 1. The van der Waals surface area contributed by atoms with Crippen LogP contribution in [0.4, 0.5) is 9.52 Å². The quantitative estimate of drug-likeness (QED) is 0.171. The van der Waals surface area contributed by atoms with Gasteiger partial charge in [0.1, 0.15) is 17.3 Å². The molecule has 1 fully saturated rings. The number of ketones is 1. The summed E-state index contributed by atoms with van der Waals surface area (Å²) in [6.07, 6.45) is 0. The van der Waals surface area contributed by atoms with Crippen molar-refractivity contribution in [2.24, 2.45) is 0 Å². The van der Waals surface area contributed by atoms with Gasteiger partial charge in [-0.1, -0.05) is 40.6 Å². The van der Waals surface area contributed by atoms with E-state index in [2.05, 4.69) is 4.98 Å². The summed E-state index contributed by atoms with van der Waals surface area (Å²) in [6, 6.07) is 14.2. The third-order valence-electron chi connectivity index (χ3n) is 5.69. The lowest BCUT2D eigenvalue weighted by atomic mass is 9.95. The van der Waals surface area contributed by atoms with E-state index in [-0.39, 0.29) is 21.5 Å². The lowest BCUT2D eigenvalue weighted by Crippen LogP contribution is -2.29. The summed E-state index contributed by atoms with van der Waals surface area (Å²) < 4.78 is 19.7. The number of nitrogens with zero attached hydrogens (tertiary/aromatic N) is 2. The van der Waals surface area contributed by atoms with Crippen molar-refractivity contribution in [3.8, 4) is 5.75 Å². The van der Waals surface area contributed by atoms with Crippen LogP contribution in [0.5, 0.6) is 5.75 Å². The maximum absolute atomic E-state index is 13.8. The molecule has 1 unspecified atom stereocenters. The van der Waals surface area contributed by atoms with Crippen molar-refractivity contribution in [1.82, 2.24) is 4.98 Å². The first kappa shape index (κ1) is 24.2. The Morgan fingerprint density at radius 2 is 1.83 bits per heavy atom. The van der Waals surface area contributed by atoms with Crippen LogP contribution in [0.25, 0.3) is 16.0 Å². The van der Waals surface area contributed by atoms with E-state index in [1.807, 2.05) is 6.92 Å². The normalized spacial score (nSPS) is 17.2. The third kappa shape index (κ3) is 4.21. The van der Waals surface area contributed by atoms with Gasteiger partial charge in [0.25, 0.3) is 5.78 Å². The fraction of sp³-hybridized carbons (Fsp3) is 0.115. The summed E-state index contributed by atoms with van der Waals surface area (Å²) in [5.41, 5.74) is 1.11. The van der Waals surface area contributed by atoms with E-state index in [0.29, 0.717) is 38.7 Å². The number of benzene rings is 3. The number of aliphatic hydroxyl groups excluding tert-OH is 1. The van der Waals surface area contributed by atoms with E-state index in [4.69, 9.17) is 27.9 Å². The summed E-state index contributed by atoms with van der Waals surface area (Å²) >= 11 is 13.4. The highest BCUT2D eigenvalue weighted by Gasteiger charge is 2.48. The molecule has 0 spiro atoms. The number of ether oxygens (including phenoxy) is 1. The summed E-state index contributed by atoms with van der Waals surface area (Å²) in [6.45, 7) is 2.32. The molecule has 1 atom stereocenters. The van der Waals surface area contributed by atoms with Gasteiger partial charge in [0.05, 0.1) is 38.5 Å². The van der Waals surface area contributed by atoms with E-state index in [9.17, 15) is 19.1 Å². The van der Waals surface area contributed by atoms with E-state index in [1.54, 1.807) is 36.4 Å². The molecule has 6 nitrogen and oxygen atoms in total. The molecule has 0 bridgehead atoms. The van der Waals surface area contributed by atoms with Crippen molar-refractivity contribution < 1.29 is 23.8 Å². The van der Waals surface area contributed by atoms with Gasteiger partial charge in [-0.05, 0) is 67.1 Å². The molecule has 36 heavy (non-hydrogen) atoms. The van der Waals surface area contributed by atoms with Crippen molar-refractivity contribution in [2.45, 2.75) is 13.0 Å². The maximum Gasteiger partial charge on any atom is 0.301 e. The monoisotopic (exact) mass is 542 g/mol. The number of aliphatic hydroxyl groups is 1. The third-order valence-corrected chi connectivity index (χ3v) is 7.44. The van der Waals surface area contributed by atoms with Crippen molar-refractivity contribution >= 4 is 67.3 Å². The molecule has 5 rings (SSSR count). The van der Waals surface area contributed by atoms with Gasteiger partial charge < -0.3 is 9.84 Å². The predicted molar refractivity (Wildman–Crippen MR) is 138 cm³/mol. The molecule has 0 aliphatic carbocycles. The number of anilines is 1. The van der Waals surface area contributed by atoms with E-state index in [1.165, 1.54) is 29.2 Å². The first-order chi connectivity index (χ1) is 17.3. The van der Waals surface area contributed by atoms with Crippen LogP contribution in [0, 0.1) is 5.82 Å². The first-order valence-electron chi connectivity index (χ1n) is 10.8. The molecule has 4 aromatic rings. The van der Waals surface area contributed by atoms with Crippen LogP contribution >= 0.6 is 34.5 Å². The average molecular weight is 543 g/mol. The first-order valence-corrected chi connectivity index (χ1v) is 12.4. The molecule has 1 aromatic heterocycles. The SMILES string of the molecule is CCOc1ccc(/C(O)=C2\C(=O)C(=O)N(c3nc4ccc(F)cc4s3)C2c2ccc(Cl)c(Cl)c2)cc1. The van der Waals surface area contributed by atoms with Crippen LogP contribution in [-0.2, 0) is 9.59 Å². The molecular formula is C26H17Cl2FN2O4S. The fourth-order valence-electron chi connectivity index (χ4n) is 4.05. The topological polar surface area (TPSA) is 79.7 Å². The Labute approximate surface area is 219 Å². The van der Waals surface area contributed by atoms with Crippen LogP contribution in [-0.4, -0.2) is 28.4 Å². The molecule has 182 valence electrons. The molecule has 1 aliphatic rings. The lowest BCUT2D eigenvalue weighted by molar-refractivity contribution is -0.132. The summed E-state index contributed by atoms with van der Waals surface area (Å²) in [4.78, 5) is 32.3. The summed E-state index contributed by atoms with van der Waals surface area (Å²) in [5.74, 6) is -1.98. The summed E-state index contributed by atoms with van der Waals surface area (Å²) in [5, 5.41) is 11.9. The number of carbonyl (C=O) groups excluding carboxylic acids is 2. The standard InChI is InChI=1S/C26H17Cl2FN2O4S/c1-2-35-16-7-3-13(4-8-16)23(32)21-22(14-5-9-17(27)18(28)11-14)31(25(34)24(21)33)26-30-19-10-6-15(29)12-20(19)36-26/h3-12,22,32H,2H2,1H3/b23-21+. The molecule has 1 aliphatic heterocycles. The minimum Gasteiger partial charge on any atom is -0.507 e. The number of amides is 1. The molecule has 3 aromatic carbocycles. The number of aromatic nitrogens is 1. The van der Waals surface area contributed by atoms with Crippen molar-refractivity contribution in [3.63, 3.8) is 0 Å². The Hall–Kier alpha value is -3.46. The van der Waals surface area contributed by atoms with Crippen molar-refractivity contribution in [2.75, 3.05) is 11.5 Å². The number of hydrogen-bond acceptors (Lipinski definition) is 6. The van der Waals surface area contributed by atoms with E-state index in [0.717, 1.165) is 11.3 Å². The average Bonchev–Trinajstić information content (AvgIpc) is 3.39. The van der Waals surface area contributed by atoms with Gasteiger partial charge in [-0.15, -0.1) is 0 Å². The molecule has 1 N–H and O–H groups in total. The van der Waals surface area contributed by atoms with Gasteiger partial charge in [-0.2, -0.15) is 0 Å². The van der Waals surface area contributed by atoms with Crippen molar-refractivity contribution in [3.05, 3.63) is 93.2 Å². The Morgan fingerprint density at radius 1 is 1.08 bits per heavy atom. The highest BCUT2D eigenvalue weighted by atomic mass is 35.5. The van der Waals surface area contributed by atoms with Gasteiger partial charge >= 0.3 is 5.91 Å². The van der Waals surface area contributed by atoms with Crippen molar-refractivity contribution in [1.29, 1.82) is 0 Å². The molecule has 10 heteroatoms. The Bertz CT molecular complexity index is 1550. The predicted octanol–water partition coefficient (Wildman–Crippen LogP) is 6.77. The second-order valence-corrected chi connectivity index (χ2v) is 9.73. The van der Waals surface area contributed by atoms with E-state index < -0.39 is 23.5 Å². The second kappa shape index (κ2) is 9.54. The van der Waals surface area contributed by atoms with Crippen LogP contribution in [0.15, 0.2) is 66.2 Å². The highest BCUT2D eigenvalue weighted by Crippen LogP contribution is 2.45. The van der Waals surface area contributed by atoms with E-state index >= 15 is 0 Å². The zero-order valence-corrected chi connectivity index (χ0v) is 21.0. The number of halogens is 3. The second-order valence-electron chi connectivity index (χ2n) is 7.91. The molecule has 1 amide bonds. The lowest BCUT2D eigenvalue weighted by Gasteiger charge is -2.23. The molecule has 2 heterocycles. The Kier molecular flexibility index (Phi) is 6.42. The summed E-state index contributed by atoms with van der Waals surface area (Å²) in [7, 11) is 0. The molecule has 0 saturated carbocycles. The van der Waals surface area contributed by atoms with Gasteiger partial charge in [-0.25, -0.2) is 9.37 Å². The minimum absolute atomic E-state index is 0.131. The Balaban J connectivity index is 1.70. The Morgan fingerprint density at radius 3 is 2.53 bits per heavy atom. The van der Waals surface area contributed by atoms with Gasteiger partial charge in [0.15, 0.2) is 5.13 Å². The maximum atomic E-state index is 13.8. The van der Waals surface area contributed by atoms with Crippen LogP contribution in [0.1, 0.15) is 24.1 Å². The number of Topliss-reactive ketones (excluding diaryl/α,β-unsaturated/α-hetero) is 1. The van der Waals surface area contributed by atoms with Crippen LogP contribution in [0.2, 0.25) is 10.0 Å².